The molecular formula is C21H22F4N6O4. The number of hydrogen-bond acceptors (Lipinski definition) is 7. The Balaban J connectivity index is 0.000000672. The van der Waals surface area contributed by atoms with Gasteiger partial charge in [0, 0.05) is 43.4 Å². The number of nitrogens with zero attached hydrogens (tertiary/aromatic N) is 5. The number of ether oxygens (including phenoxy) is 2. The van der Waals surface area contributed by atoms with Crippen LogP contribution in [0.15, 0.2) is 24.5 Å². The monoisotopic (exact) mass is 498 g/mol. The van der Waals surface area contributed by atoms with E-state index in [0.717, 1.165) is 0 Å². The first kappa shape index (κ1) is 24.5. The van der Waals surface area contributed by atoms with Crippen LogP contribution in [0.5, 0.6) is 11.8 Å². The van der Waals surface area contributed by atoms with Crippen LogP contribution in [0.2, 0.25) is 0 Å². The molecule has 0 fully saturated rings. The molecule has 35 heavy (non-hydrogen) atoms. The number of pyridine rings is 1. The molecule has 0 amide bonds. The van der Waals surface area contributed by atoms with Gasteiger partial charge < -0.3 is 24.7 Å². The molecule has 188 valence electrons. The summed E-state index contributed by atoms with van der Waals surface area (Å²) in [5.74, 6) is -0.140. The average Bonchev–Trinajstić information content (AvgIpc) is 3.50. The highest BCUT2D eigenvalue weighted by Gasteiger charge is 2.33. The molecule has 0 saturated heterocycles. The fourth-order valence-electron chi connectivity index (χ4n) is 3.83. The molecule has 0 unspecified atom stereocenters. The van der Waals surface area contributed by atoms with Crippen molar-refractivity contribution in [1.82, 2.24) is 29.5 Å². The van der Waals surface area contributed by atoms with Crippen LogP contribution in [0.4, 0.5) is 17.6 Å². The number of aliphatic hydroxyl groups excluding tert-OH is 2. The maximum atomic E-state index is 13.9. The second kappa shape index (κ2) is 10.3. The Morgan fingerprint density at radius 3 is 2.63 bits per heavy atom. The van der Waals surface area contributed by atoms with Crippen LogP contribution in [0.3, 0.4) is 0 Å². The SMILES string of the molecule is Cn1cc(-c2c(-c3c(C(F)F)nn4c3OCCC4)[nH]c3ncccc23)c(OC(F)F)n1.OCCO. The number of nitrogens with one attached hydrogen (secondary N) is 1. The summed E-state index contributed by atoms with van der Waals surface area (Å²) in [6.45, 7) is -2.58. The third kappa shape index (κ3) is 4.79. The molecule has 0 bridgehead atoms. The van der Waals surface area contributed by atoms with Gasteiger partial charge in [-0.2, -0.15) is 13.9 Å². The van der Waals surface area contributed by atoms with Crippen molar-refractivity contribution in [2.24, 2.45) is 7.05 Å². The number of aliphatic hydroxyl groups is 2. The highest BCUT2D eigenvalue weighted by atomic mass is 19.3. The molecule has 0 spiro atoms. The average molecular weight is 498 g/mol. The Bertz CT molecular complexity index is 1300. The molecule has 14 heteroatoms. The molecule has 0 atom stereocenters. The quantitative estimate of drug-likeness (QED) is 0.349. The first-order valence-electron chi connectivity index (χ1n) is 10.5. The highest BCUT2D eigenvalue weighted by molar-refractivity contribution is 6.04. The van der Waals surface area contributed by atoms with Gasteiger partial charge in [-0.15, -0.1) is 5.10 Å². The van der Waals surface area contributed by atoms with Crippen molar-refractivity contribution >= 4 is 11.0 Å². The molecule has 1 aliphatic heterocycles. The molecule has 0 aliphatic carbocycles. The van der Waals surface area contributed by atoms with E-state index in [1.807, 2.05) is 0 Å². The van der Waals surface area contributed by atoms with Gasteiger partial charge in [0.05, 0.1) is 36.6 Å². The fraction of sp³-hybridized carbons (Fsp3) is 0.381. The van der Waals surface area contributed by atoms with E-state index < -0.39 is 18.7 Å². The second-order valence-corrected chi connectivity index (χ2v) is 7.41. The summed E-state index contributed by atoms with van der Waals surface area (Å²) >= 11 is 0. The number of aromatic nitrogens is 6. The molecule has 5 rings (SSSR count). The molecule has 4 aromatic rings. The van der Waals surface area contributed by atoms with Gasteiger partial charge in [0.1, 0.15) is 11.3 Å². The summed E-state index contributed by atoms with van der Waals surface area (Å²) in [6, 6.07) is 3.36. The Labute approximate surface area is 195 Å². The summed E-state index contributed by atoms with van der Waals surface area (Å²) in [5, 5.41) is 23.8. The second-order valence-electron chi connectivity index (χ2n) is 7.41. The van der Waals surface area contributed by atoms with Gasteiger partial charge in [0.25, 0.3) is 6.43 Å². The lowest BCUT2D eigenvalue weighted by Crippen LogP contribution is -2.15. The smallest absolute Gasteiger partial charge is 0.388 e. The van der Waals surface area contributed by atoms with E-state index in [-0.39, 0.29) is 41.8 Å². The number of halogens is 4. The Kier molecular flexibility index (Phi) is 7.21. The summed E-state index contributed by atoms with van der Waals surface area (Å²) in [4.78, 5) is 7.30. The van der Waals surface area contributed by atoms with Gasteiger partial charge in [-0.05, 0) is 12.1 Å². The summed E-state index contributed by atoms with van der Waals surface area (Å²) in [6.07, 6.45) is 0.766. The van der Waals surface area contributed by atoms with E-state index in [0.29, 0.717) is 36.2 Å². The minimum absolute atomic E-state index is 0.0644. The number of hydrogen-bond donors (Lipinski definition) is 3. The van der Waals surface area contributed by atoms with Crippen LogP contribution in [0.1, 0.15) is 18.5 Å². The molecule has 3 N–H and O–H groups in total. The molecule has 0 saturated carbocycles. The van der Waals surface area contributed by atoms with E-state index in [4.69, 9.17) is 14.9 Å². The van der Waals surface area contributed by atoms with Gasteiger partial charge in [0.15, 0.2) is 0 Å². The summed E-state index contributed by atoms with van der Waals surface area (Å²) < 4.78 is 66.9. The topological polar surface area (TPSA) is 123 Å². The molecular weight excluding hydrogens is 476 g/mol. The van der Waals surface area contributed by atoms with Crippen molar-refractivity contribution in [3.8, 4) is 34.1 Å². The fourth-order valence-corrected chi connectivity index (χ4v) is 3.83. The number of aryl methyl sites for hydroxylation is 2. The van der Waals surface area contributed by atoms with Gasteiger partial charge in [0.2, 0.25) is 11.8 Å². The Morgan fingerprint density at radius 1 is 1.17 bits per heavy atom. The number of aromatic amines is 1. The van der Waals surface area contributed by atoms with Crippen LogP contribution >= 0.6 is 0 Å². The normalized spacial score (nSPS) is 13.1. The number of alkyl halides is 4. The first-order valence-corrected chi connectivity index (χ1v) is 10.5. The van der Waals surface area contributed by atoms with E-state index >= 15 is 0 Å². The third-order valence-corrected chi connectivity index (χ3v) is 5.08. The summed E-state index contributed by atoms with van der Waals surface area (Å²) in [5.41, 5.74) is 0.751. The van der Waals surface area contributed by atoms with Crippen molar-refractivity contribution < 1.29 is 37.2 Å². The maximum Gasteiger partial charge on any atom is 0.388 e. The summed E-state index contributed by atoms with van der Waals surface area (Å²) in [7, 11) is 1.55. The molecule has 5 heterocycles. The van der Waals surface area contributed by atoms with Crippen molar-refractivity contribution in [2.45, 2.75) is 26.0 Å². The van der Waals surface area contributed by atoms with Crippen LogP contribution in [-0.2, 0) is 13.6 Å². The van der Waals surface area contributed by atoms with Gasteiger partial charge >= 0.3 is 6.61 Å². The van der Waals surface area contributed by atoms with E-state index in [1.54, 1.807) is 19.2 Å². The van der Waals surface area contributed by atoms with Crippen molar-refractivity contribution in [3.05, 3.63) is 30.2 Å². The first-order chi connectivity index (χ1) is 16.8. The van der Waals surface area contributed by atoms with Crippen molar-refractivity contribution in [1.29, 1.82) is 0 Å². The Morgan fingerprint density at radius 2 is 1.94 bits per heavy atom. The third-order valence-electron chi connectivity index (χ3n) is 5.08. The number of H-pyrrole nitrogens is 1. The lowest BCUT2D eigenvalue weighted by molar-refractivity contribution is -0.0527. The number of rotatable bonds is 6. The van der Waals surface area contributed by atoms with E-state index in [9.17, 15) is 17.6 Å². The van der Waals surface area contributed by atoms with Crippen molar-refractivity contribution in [2.75, 3.05) is 19.8 Å². The molecule has 4 aromatic heterocycles. The lowest BCUT2D eigenvalue weighted by Gasteiger charge is -2.16. The molecule has 0 aromatic carbocycles. The maximum absolute atomic E-state index is 13.9. The molecule has 10 nitrogen and oxygen atoms in total. The van der Waals surface area contributed by atoms with Crippen molar-refractivity contribution in [3.63, 3.8) is 0 Å². The minimum Gasteiger partial charge on any atom is -0.477 e. The van der Waals surface area contributed by atoms with Gasteiger partial charge in [-0.3, -0.25) is 4.68 Å². The van der Waals surface area contributed by atoms with E-state index in [2.05, 4.69) is 24.9 Å². The minimum atomic E-state index is -3.11. The zero-order chi connectivity index (χ0) is 25.1. The van der Waals surface area contributed by atoms with Crippen LogP contribution in [0.25, 0.3) is 33.4 Å². The van der Waals surface area contributed by atoms with Gasteiger partial charge in [-0.25, -0.2) is 18.4 Å². The predicted octanol–water partition coefficient (Wildman–Crippen LogP) is 3.12. The number of fused-ring (bicyclic) bond motifs is 2. The Hall–Kier alpha value is -3.65. The standard InChI is InChI=1S/C19H16F4N6O2.C2H6O2/c1-28-8-10(17(27-28)31-19(22)23)11-9-4-2-5-24-16(9)25-13(11)12-14(15(20)21)26-29-6-3-7-30-18(12)29;3-1-2-4/h2,4-5,8,15,19H,3,6-7H2,1H3,(H,24,25);3-4H,1-2H2. The van der Waals surface area contributed by atoms with Crippen LogP contribution in [-0.4, -0.2) is 66.2 Å². The zero-order valence-electron chi connectivity index (χ0n) is 18.5. The zero-order valence-corrected chi connectivity index (χ0v) is 18.5. The lowest BCUT2D eigenvalue weighted by atomic mass is 10.0. The van der Waals surface area contributed by atoms with Crippen LogP contribution < -0.4 is 9.47 Å². The van der Waals surface area contributed by atoms with Crippen LogP contribution in [0, 0.1) is 0 Å². The highest BCUT2D eigenvalue weighted by Crippen LogP contribution is 2.47. The predicted molar refractivity (Wildman–Crippen MR) is 115 cm³/mol. The molecule has 1 aliphatic rings. The van der Waals surface area contributed by atoms with Gasteiger partial charge in [-0.1, -0.05) is 0 Å². The molecule has 0 radical (unpaired) electrons. The van der Waals surface area contributed by atoms with E-state index in [1.165, 1.54) is 21.8 Å². The largest absolute Gasteiger partial charge is 0.477 e.